The lowest BCUT2D eigenvalue weighted by Gasteiger charge is -2.62. The van der Waals surface area contributed by atoms with E-state index >= 15 is 0 Å². The SMILES string of the molecule is CO[C@@H]1CCC23CC[C@@H](C)[C@](C)(C12)[C@H](OC(=O)NC(=O)[C@H]1CN2CC[C@@H]1C2)C[C@@](C)(C1CCCC1)C(=O)[C@@H]3C.C[C@@H]1CCC23CCC(=O)C2[C@]1(C)[C@H](OC(=O)NC(=O)[C@H]1CN2CC[C@@H]1C2)C[C@@](C)(C1CCCC1)[C@@H](O)[C@@H]3C. The van der Waals surface area contributed by atoms with Crippen molar-refractivity contribution in [1.82, 2.24) is 20.4 Å². The summed E-state index contributed by atoms with van der Waals surface area (Å²) in [5, 5.41) is 17.4. The van der Waals surface area contributed by atoms with Crippen molar-refractivity contribution in [2.24, 2.45) is 104 Å². The number of ether oxygens (including phenoxy) is 3. The van der Waals surface area contributed by atoms with E-state index in [1.54, 1.807) is 7.11 Å². The lowest BCUT2D eigenvalue weighted by Crippen LogP contribution is -2.64. The maximum Gasteiger partial charge on any atom is 0.414 e. The summed E-state index contributed by atoms with van der Waals surface area (Å²) in [7, 11) is 1.80. The van der Waals surface area contributed by atoms with Crippen LogP contribution in [0.4, 0.5) is 9.59 Å². The highest BCUT2D eigenvalue weighted by Gasteiger charge is 2.71. The number of hydrogen-bond donors (Lipinski definition) is 3. The number of rotatable bonds is 7. The summed E-state index contributed by atoms with van der Waals surface area (Å²) in [4.78, 5) is 86.1. The van der Waals surface area contributed by atoms with Crippen LogP contribution in [0, 0.1) is 104 Å². The van der Waals surface area contributed by atoms with Crippen LogP contribution in [0.5, 0.6) is 0 Å². The van der Waals surface area contributed by atoms with Crippen LogP contribution in [0.15, 0.2) is 0 Å². The standard InChI is InChI=1S/C32H50N2O5.C31H48N2O5/c1-19-10-13-32-14-11-24(38-5)26(32)31(19,4)25(16-30(3,27(35)20(32)2)22-8-6-7-9-22)39-29(37)33-28(36)23-18-34-15-12-21(23)17-34;1-18-9-12-31-13-10-23(34)25(31)30(18,4)24(15-29(3,26(35)19(31)2)21-7-5-6-8-21)38-28(37)32-27(36)22-17-33-14-11-20(22)16-33/h19-26H,6-18H2,1-5H3,(H,33,36,37);18-22,24-26,35H,5-17H2,1-4H3,(H,32,36,37)/t19-,20+,21-,23+,24-,25-,26?,30+,31+,32?;18-,19+,20-,22+,24-,25?,26+,29+,30+,31?/m11/s1. The van der Waals surface area contributed by atoms with E-state index in [1.165, 1.54) is 12.8 Å². The normalized spacial score (nSPS) is 49.9. The third-order valence-corrected chi connectivity index (χ3v) is 26.8. The van der Waals surface area contributed by atoms with Gasteiger partial charge in [-0.05, 0) is 162 Å². The minimum absolute atomic E-state index is 0.0144. The van der Waals surface area contributed by atoms with Crippen LogP contribution in [0.1, 0.15) is 184 Å². The molecule has 0 aromatic carbocycles. The van der Waals surface area contributed by atoms with E-state index in [4.69, 9.17) is 14.2 Å². The zero-order valence-electron chi connectivity index (χ0n) is 48.6. The van der Waals surface area contributed by atoms with Crippen molar-refractivity contribution in [3.63, 3.8) is 0 Å². The number of aliphatic hydroxyl groups is 1. The average molecular weight is 1070 g/mol. The third kappa shape index (κ3) is 8.77. The van der Waals surface area contributed by atoms with Crippen LogP contribution in [-0.4, -0.2) is 121 Å². The number of imide groups is 2. The molecule has 3 N–H and O–H groups in total. The number of fused-ring (bicyclic) bond motifs is 4. The first kappa shape index (κ1) is 55.9. The fraction of sp³-hybridized carbons (Fsp3) is 0.905. The lowest BCUT2D eigenvalue weighted by atomic mass is 9.43. The van der Waals surface area contributed by atoms with E-state index in [0.717, 1.165) is 129 Å². The van der Waals surface area contributed by atoms with Crippen LogP contribution < -0.4 is 10.6 Å². The molecule has 0 radical (unpaired) electrons. The van der Waals surface area contributed by atoms with Crippen LogP contribution in [0.3, 0.4) is 0 Å². The molecule has 4 amide bonds. The number of carbonyl (C=O) groups excluding carboxylic acids is 6. The van der Waals surface area contributed by atoms with Gasteiger partial charge in [0.2, 0.25) is 11.8 Å². The number of hydrogen-bond acceptors (Lipinski definition) is 12. The molecule has 4 saturated heterocycles. The Kier molecular flexibility index (Phi) is 14.9. The molecule has 4 aliphatic heterocycles. The van der Waals surface area contributed by atoms with Gasteiger partial charge in [0.1, 0.15) is 23.8 Å². The number of piperidine rings is 2. The fourth-order valence-electron chi connectivity index (χ4n) is 21.7. The number of nitrogens with zero attached hydrogens (tertiary/aromatic N) is 2. The molecule has 22 atom stereocenters. The minimum atomic E-state index is -0.676. The molecule has 12 aliphatic rings. The third-order valence-electron chi connectivity index (χ3n) is 26.8. The maximum atomic E-state index is 14.6. The van der Waals surface area contributed by atoms with Gasteiger partial charge in [-0.2, -0.15) is 0 Å². The first-order valence-corrected chi connectivity index (χ1v) is 31.3. The first-order valence-electron chi connectivity index (χ1n) is 31.3. The lowest BCUT2D eigenvalue weighted by molar-refractivity contribution is -0.206. The molecule has 12 fully saturated rings. The quantitative estimate of drug-likeness (QED) is 0.220. The second-order valence-corrected chi connectivity index (χ2v) is 29.5. The van der Waals surface area contributed by atoms with Gasteiger partial charge in [0.25, 0.3) is 0 Å². The number of ketones is 2. The van der Waals surface area contributed by atoms with Gasteiger partial charge in [0.05, 0.1) is 24.0 Å². The van der Waals surface area contributed by atoms with Crippen molar-refractivity contribution in [2.75, 3.05) is 46.4 Å². The van der Waals surface area contributed by atoms with Gasteiger partial charge in [0, 0.05) is 79.1 Å². The Balaban J connectivity index is 0.000000164. The monoisotopic (exact) mass is 1070 g/mol. The van der Waals surface area contributed by atoms with Gasteiger partial charge >= 0.3 is 12.2 Å². The van der Waals surface area contributed by atoms with Crippen molar-refractivity contribution >= 4 is 35.6 Å². The highest BCUT2D eigenvalue weighted by atomic mass is 16.6. The summed E-state index contributed by atoms with van der Waals surface area (Å²) >= 11 is 0. The maximum absolute atomic E-state index is 14.6. The number of amides is 4. The molecule has 8 saturated carbocycles. The Labute approximate surface area is 460 Å². The molecule has 0 aromatic rings. The van der Waals surface area contributed by atoms with Gasteiger partial charge in [-0.3, -0.25) is 29.8 Å². The van der Waals surface area contributed by atoms with Crippen molar-refractivity contribution in [3.05, 3.63) is 0 Å². The zero-order valence-corrected chi connectivity index (χ0v) is 48.6. The molecule has 0 spiro atoms. The topological polar surface area (TPSA) is 181 Å². The van der Waals surface area contributed by atoms with Gasteiger partial charge in [0.15, 0.2) is 0 Å². The second-order valence-electron chi connectivity index (χ2n) is 29.5. The predicted octanol–water partition coefficient (Wildman–Crippen LogP) is 9.77. The Morgan fingerprint density at radius 2 is 1.12 bits per heavy atom. The molecule has 430 valence electrons. The highest BCUT2D eigenvalue weighted by molar-refractivity contribution is 5.94. The van der Waals surface area contributed by atoms with Crippen LogP contribution in [-0.2, 0) is 33.4 Å². The Bertz CT molecular complexity index is 2320. The van der Waals surface area contributed by atoms with Crippen LogP contribution in [0.2, 0.25) is 0 Å². The summed E-state index contributed by atoms with van der Waals surface area (Å²) in [6, 6.07) is 0. The summed E-state index contributed by atoms with van der Waals surface area (Å²) in [6.07, 6.45) is 16.5. The van der Waals surface area contributed by atoms with Crippen molar-refractivity contribution in [3.8, 4) is 0 Å². The number of aliphatic hydroxyl groups excluding tert-OH is 1. The van der Waals surface area contributed by atoms with Crippen molar-refractivity contribution < 1.29 is 48.1 Å². The Hall–Kier alpha value is -2.94. The molecule has 77 heavy (non-hydrogen) atoms. The van der Waals surface area contributed by atoms with Crippen LogP contribution >= 0.6 is 0 Å². The molecule has 8 aliphatic carbocycles. The number of Topliss-reactive ketones (excluding diaryl/α,β-unsaturated/α-hetero) is 2. The molecule has 14 nitrogen and oxygen atoms in total. The summed E-state index contributed by atoms with van der Waals surface area (Å²) in [6.45, 7) is 23.2. The van der Waals surface area contributed by atoms with E-state index in [9.17, 15) is 33.9 Å². The number of alkyl carbamates (subject to hydrolysis) is 2. The summed E-state index contributed by atoms with van der Waals surface area (Å²) < 4.78 is 18.9. The largest absolute Gasteiger partial charge is 0.445 e. The van der Waals surface area contributed by atoms with Gasteiger partial charge in [-0.25, -0.2) is 9.59 Å². The van der Waals surface area contributed by atoms with Gasteiger partial charge in [-0.15, -0.1) is 0 Å². The molecule has 4 heterocycles. The van der Waals surface area contributed by atoms with E-state index in [0.29, 0.717) is 61.2 Å². The Morgan fingerprint density at radius 3 is 1.64 bits per heavy atom. The van der Waals surface area contributed by atoms with Crippen LogP contribution in [0.25, 0.3) is 0 Å². The van der Waals surface area contributed by atoms with E-state index < -0.39 is 46.7 Å². The summed E-state index contributed by atoms with van der Waals surface area (Å²) in [5.41, 5.74) is -2.22. The highest BCUT2D eigenvalue weighted by Crippen LogP contribution is 2.71. The molecule has 6 unspecified atom stereocenters. The van der Waals surface area contributed by atoms with E-state index in [-0.39, 0.29) is 81.4 Å². The minimum Gasteiger partial charge on any atom is -0.445 e. The molecular formula is C63H98N4O10. The van der Waals surface area contributed by atoms with Crippen molar-refractivity contribution in [1.29, 1.82) is 0 Å². The fourth-order valence-corrected chi connectivity index (χ4v) is 21.7. The Morgan fingerprint density at radius 1 is 0.610 bits per heavy atom. The van der Waals surface area contributed by atoms with Crippen molar-refractivity contribution in [2.45, 2.75) is 208 Å². The first-order chi connectivity index (χ1) is 36.5. The number of carbonyl (C=O) groups is 6. The number of methoxy groups -OCH3 is 1. The van der Waals surface area contributed by atoms with Gasteiger partial charge in [-0.1, -0.05) is 81.1 Å². The van der Waals surface area contributed by atoms with E-state index in [2.05, 4.69) is 75.8 Å². The molecule has 12 rings (SSSR count). The van der Waals surface area contributed by atoms with E-state index in [1.807, 2.05) is 0 Å². The summed E-state index contributed by atoms with van der Waals surface area (Å²) in [5.74, 6) is 1.64. The smallest absolute Gasteiger partial charge is 0.414 e. The zero-order chi connectivity index (χ0) is 54.8. The second kappa shape index (κ2) is 20.5. The molecule has 0 aromatic heterocycles. The molecular weight excluding hydrogens is 973 g/mol. The average Bonchev–Trinajstić information content (AvgIpc) is 4.48. The predicted molar refractivity (Wildman–Crippen MR) is 291 cm³/mol. The number of nitrogens with one attached hydrogen (secondary N) is 2. The molecule has 8 bridgehead atoms. The molecule has 14 heteroatoms. The van der Waals surface area contributed by atoms with Gasteiger partial charge < -0.3 is 29.1 Å².